The van der Waals surface area contributed by atoms with E-state index in [9.17, 15) is 19.6 Å². The largest absolute Gasteiger partial charge is 0.436 e. The average molecular weight is 506 g/mol. The predicted octanol–water partition coefficient (Wildman–Crippen LogP) is 3.71. The van der Waals surface area contributed by atoms with E-state index in [-0.39, 0.29) is 31.3 Å². The van der Waals surface area contributed by atoms with Crippen LogP contribution in [0.4, 0.5) is 9.59 Å². The van der Waals surface area contributed by atoms with E-state index in [2.05, 4.69) is 22.0 Å². The van der Waals surface area contributed by atoms with E-state index in [1.54, 1.807) is 4.90 Å². The second kappa shape index (κ2) is 13.3. The molecule has 3 rings (SSSR count). The lowest BCUT2D eigenvalue weighted by atomic mass is 9.88. The summed E-state index contributed by atoms with van der Waals surface area (Å²) in [6, 6.07) is 21.0. The summed E-state index contributed by atoms with van der Waals surface area (Å²) in [5.74, 6) is -0.419. The van der Waals surface area contributed by atoms with Gasteiger partial charge in [0.2, 0.25) is 0 Å². The van der Waals surface area contributed by atoms with Crippen LogP contribution in [-0.2, 0) is 22.6 Å². The number of likely N-dealkylation sites (tertiary alicyclic amines) is 1. The highest BCUT2D eigenvalue weighted by molar-refractivity contribution is 5.84. The van der Waals surface area contributed by atoms with Crippen LogP contribution in [0.15, 0.2) is 60.7 Å². The summed E-state index contributed by atoms with van der Waals surface area (Å²) in [5.41, 5.74) is 0.773. The zero-order valence-corrected chi connectivity index (χ0v) is 21.4. The second-order valence-corrected chi connectivity index (χ2v) is 9.68. The SMILES string of the molecule is CC(C)CC(OC(=O)NCc1ccccc1)C(=O)NC1(C#N)CCN(C(=O)NCc2ccccc2)CC1. The van der Waals surface area contributed by atoms with Gasteiger partial charge in [0.15, 0.2) is 6.10 Å². The van der Waals surface area contributed by atoms with Gasteiger partial charge in [0.25, 0.3) is 5.91 Å². The molecule has 1 unspecified atom stereocenters. The van der Waals surface area contributed by atoms with Crippen molar-refractivity contribution in [1.82, 2.24) is 20.9 Å². The highest BCUT2D eigenvalue weighted by Crippen LogP contribution is 2.23. The smallest absolute Gasteiger partial charge is 0.408 e. The Hall–Kier alpha value is -4.06. The lowest BCUT2D eigenvalue weighted by Gasteiger charge is -2.38. The minimum absolute atomic E-state index is 0.0888. The number of amides is 4. The van der Waals surface area contributed by atoms with Crippen LogP contribution < -0.4 is 16.0 Å². The number of carbonyl (C=O) groups excluding carboxylic acids is 3. The maximum atomic E-state index is 13.1. The average Bonchev–Trinajstić information content (AvgIpc) is 2.91. The van der Waals surface area contributed by atoms with Crippen LogP contribution >= 0.6 is 0 Å². The minimum atomic E-state index is -1.13. The lowest BCUT2D eigenvalue weighted by molar-refractivity contribution is -0.132. The fourth-order valence-electron chi connectivity index (χ4n) is 4.14. The van der Waals surface area contributed by atoms with E-state index in [0.29, 0.717) is 26.1 Å². The number of ether oxygens (including phenoxy) is 1. The van der Waals surface area contributed by atoms with E-state index < -0.39 is 23.6 Å². The molecule has 0 bridgehead atoms. The maximum Gasteiger partial charge on any atom is 0.408 e. The number of urea groups is 1. The molecule has 1 aliphatic rings. The molecule has 1 saturated heterocycles. The van der Waals surface area contributed by atoms with Gasteiger partial charge in [0, 0.05) is 39.0 Å². The minimum Gasteiger partial charge on any atom is -0.436 e. The van der Waals surface area contributed by atoms with Gasteiger partial charge in [0.1, 0.15) is 5.54 Å². The molecule has 0 radical (unpaired) electrons. The number of hydrogen-bond acceptors (Lipinski definition) is 5. The first-order valence-corrected chi connectivity index (χ1v) is 12.6. The number of nitriles is 1. The van der Waals surface area contributed by atoms with Gasteiger partial charge in [0.05, 0.1) is 6.07 Å². The molecule has 2 aromatic carbocycles. The Morgan fingerprint density at radius 2 is 1.49 bits per heavy atom. The van der Waals surface area contributed by atoms with Crippen molar-refractivity contribution in [2.24, 2.45) is 5.92 Å². The Balaban J connectivity index is 1.53. The molecule has 0 aliphatic carbocycles. The summed E-state index contributed by atoms with van der Waals surface area (Å²) in [4.78, 5) is 39.8. The second-order valence-electron chi connectivity index (χ2n) is 9.68. The summed E-state index contributed by atoms with van der Waals surface area (Å²) >= 11 is 0. The number of alkyl carbamates (subject to hydrolysis) is 1. The van der Waals surface area contributed by atoms with Crippen LogP contribution in [-0.4, -0.2) is 47.7 Å². The molecule has 4 amide bonds. The standard InChI is InChI=1S/C28H35N5O4/c1-21(2)17-24(37-27(36)31-19-23-11-7-4-8-12-23)25(34)32-28(20-29)13-15-33(16-14-28)26(35)30-18-22-9-5-3-6-10-22/h3-12,21,24H,13-19H2,1-2H3,(H,30,35)(H,31,36)(H,32,34). The molecular weight excluding hydrogens is 470 g/mol. The van der Waals surface area contributed by atoms with Crippen molar-refractivity contribution in [3.05, 3.63) is 71.8 Å². The molecule has 9 heteroatoms. The van der Waals surface area contributed by atoms with Crippen LogP contribution in [0.2, 0.25) is 0 Å². The quantitative estimate of drug-likeness (QED) is 0.479. The molecule has 196 valence electrons. The maximum absolute atomic E-state index is 13.1. The normalized spacial score (nSPS) is 15.2. The third-order valence-corrected chi connectivity index (χ3v) is 6.27. The van der Waals surface area contributed by atoms with E-state index >= 15 is 0 Å². The van der Waals surface area contributed by atoms with Crippen molar-refractivity contribution in [2.45, 2.75) is 57.8 Å². The van der Waals surface area contributed by atoms with Crippen molar-refractivity contribution in [1.29, 1.82) is 5.26 Å². The predicted molar refractivity (Wildman–Crippen MR) is 139 cm³/mol. The van der Waals surface area contributed by atoms with Gasteiger partial charge in [-0.05, 0) is 23.5 Å². The van der Waals surface area contributed by atoms with E-state index in [1.807, 2.05) is 74.5 Å². The fourth-order valence-corrected chi connectivity index (χ4v) is 4.14. The van der Waals surface area contributed by atoms with Crippen LogP contribution in [0, 0.1) is 17.2 Å². The number of nitrogens with zero attached hydrogens (tertiary/aromatic N) is 2. The molecule has 1 fully saturated rings. The van der Waals surface area contributed by atoms with Gasteiger partial charge in [-0.1, -0.05) is 74.5 Å². The fraction of sp³-hybridized carbons (Fsp3) is 0.429. The number of carbonyl (C=O) groups is 3. The number of piperidine rings is 1. The molecule has 3 N–H and O–H groups in total. The number of rotatable bonds is 9. The first kappa shape index (κ1) is 27.5. The van der Waals surface area contributed by atoms with Gasteiger partial charge < -0.3 is 25.6 Å². The summed E-state index contributed by atoms with van der Waals surface area (Å²) in [6.07, 6.45) is -0.848. The van der Waals surface area contributed by atoms with Gasteiger partial charge in [-0.15, -0.1) is 0 Å². The molecule has 0 saturated carbocycles. The summed E-state index contributed by atoms with van der Waals surface area (Å²) in [5, 5.41) is 18.3. The molecule has 37 heavy (non-hydrogen) atoms. The summed E-state index contributed by atoms with van der Waals surface area (Å²) < 4.78 is 5.46. The number of benzene rings is 2. The Labute approximate surface area is 218 Å². The van der Waals surface area contributed by atoms with Gasteiger partial charge in [-0.3, -0.25) is 4.79 Å². The van der Waals surface area contributed by atoms with Gasteiger partial charge in [-0.2, -0.15) is 5.26 Å². The molecule has 0 spiro atoms. The third-order valence-electron chi connectivity index (χ3n) is 6.27. The third kappa shape index (κ3) is 8.53. The Kier molecular flexibility index (Phi) is 9.90. The molecule has 0 aromatic heterocycles. The lowest BCUT2D eigenvalue weighted by Crippen LogP contribution is -2.58. The summed E-state index contributed by atoms with van der Waals surface area (Å²) in [6.45, 7) is 5.19. The van der Waals surface area contributed by atoms with E-state index in [4.69, 9.17) is 4.74 Å². The molecule has 1 atom stereocenters. The highest BCUT2D eigenvalue weighted by Gasteiger charge is 2.39. The first-order chi connectivity index (χ1) is 17.8. The molecule has 1 heterocycles. The van der Waals surface area contributed by atoms with Gasteiger partial charge >= 0.3 is 12.1 Å². The molecule has 1 aliphatic heterocycles. The highest BCUT2D eigenvalue weighted by atomic mass is 16.6. The monoisotopic (exact) mass is 505 g/mol. The summed E-state index contributed by atoms with van der Waals surface area (Å²) in [7, 11) is 0. The number of hydrogen-bond donors (Lipinski definition) is 3. The Morgan fingerprint density at radius 3 is 2.00 bits per heavy atom. The van der Waals surface area contributed by atoms with Crippen molar-refractivity contribution < 1.29 is 19.1 Å². The zero-order valence-electron chi connectivity index (χ0n) is 21.4. The van der Waals surface area contributed by atoms with Crippen molar-refractivity contribution in [2.75, 3.05) is 13.1 Å². The van der Waals surface area contributed by atoms with Crippen LogP contribution in [0.1, 0.15) is 44.2 Å². The molecular formula is C28H35N5O4. The van der Waals surface area contributed by atoms with Crippen molar-refractivity contribution in [3.8, 4) is 6.07 Å². The first-order valence-electron chi connectivity index (χ1n) is 12.6. The topological polar surface area (TPSA) is 124 Å². The zero-order chi connectivity index (χ0) is 26.7. The Morgan fingerprint density at radius 1 is 0.946 bits per heavy atom. The van der Waals surface area contributed by atoms with Crippen LogP contribution in [0.5, 0.6) is 0 Å². The van der Waals surface area contributed by atoms with Crippen molar-refractivity contribution >= 4 is 18.0 Å². The number of nitrogens with one attached hydrogen (secondary N) is 3. The molecule has 2 aromatic rings. The molecule has 9 nitrogen and oxygen atoms in total. The van der Waals surface area contributed by atoms with E-state index in [0.717, 1.165) is 11.1 Å². The Bertz CT molecular complexity index is 1080. The van der Waals surface area contributed by atoms with Gasteiger partial charge in [-0.25, -0.2) is 9.59 Å². The van der Waals surface area contributed by atoms with E-state index in [1.165, 1.54) is 0 Å². The van der Waals surface area contributed by atoms with Crippen LogP contribution in [0.3, 0.4) is 0 Å². The van der Waals surface area contributed by atoms with Crippen molar-refractivity contribution in [3.63, 3.8) is 0 Å². The van der Waals surface area contributed by atoms with Crippen LogP contribution in [0.25, 0.3) is 0 Å².